The first kappa shape index (κ1) is 16.9. The highest BCUT2D eigenvalue weighted by Gasteiger charge is 2.08. The Bertz CT molecular complexity index is 811. The first-order chi connectivity index (χ1) is 12.2. The van der Waals surface area contributed by atoms with Crippen molar-refractivity contribution in [3.8, 4) is 0 Å². The number of aromatic nitrogens is 2. The van der Waals surface area contributed by atoms with E-state index in [-0.39, 0.29) is 18.4 Å². The van der Waals surface area contributed by atoms with Crippen LogP contribution >= 0.6 is 11.3 Å². The second-order valence-electron chi connectivity index (χ2n) is 5.49. The Hall–Kier alpha value is -2.93. The summed E-state index contributed by atoms with van der Waals surface area (Å²) in [4.78, 5) is 23.6. The molecule has 0 unspecified atom stereocenters. The Kier molecular flexibility index (Phi) is 5.58. The molecular weight excluding hydrogens is 336 g/mol. The van der Waals surface area contributed by atoms with Crippen molar-refractivity contribution in [2.45, 2.75) is 13.1 Å². The monoisotopic (exact) mass is 354 g/mol. The minimum Gasteiger partial charge on any atom is -0.350 e. The van der Waals surface area contributed by atoms with Gasteiger partial charge < -0.3 is 10.6 Å². The van der Waals surface area contributed by atoms with Crippen LogP contribution in [0.4, 0.5) is 0 Å². The fraction of sp³-hybridized carbons (Fsp3) is 0.167. The number of benzene rings is 1. The molecule has 2 N–H and O–H groups in total. The first-order valence-corrected chi connectivity index (χ1v) is 8.77. The second kappa shape index (κ2) is 8.25. The highest BCUT2D eigenvalue weighted by molar-refractivity contribution is 7.08. The fourth-order valence-corrected chi connectivity index (χ4v) is 2.90. The summed E-state index contributed by atoms with van der Waals surface area (Å²) < 4.78 is 1.85. The van der Waals surface area contributed by atoms with Crippen LogP contribution in [0.5, 0.6) is 0 Å². The summed E-state index contributed by atoms with van der Waals surface area (Å²) >= 11 is 1.44. The van der Waals surface area contributed by atoms with Crippen LogP contribution in [0.3, 0.4) is 0 Å². The highest BCUT2D eigenvalue weighted by atomic mass is 32.1. The molecule has 2 heterocycles. The quantitative estimate of drug-likeness (QED) is 0.682. The third kappa shape index (κ3) is 5.02. The number of amides is 2. The van der Waals surface area contributed by atoms with Gasteiger partial charge in [-0.25, -0.2) is 0 Å². The van der Waals surface area contributed by atoms with Gasteiger partial charge in [-0.05, 0) is 28.6 Å². The fourth-order valence-electron chi connectivity index (χ4n) is 2.26. The SMILES string of the molecule is O=C(CNC(=O)c1ccsc1)NCc1ccc(Cn2cccn2)cc1. The second-order valence-corrected chi connectivity index (χ2v) is 6.27. The summed E-state index contributed by atoms with van der Waals surface area (Å²) in [6.07, 6.45) is 3.67. The maximum absolute atomic E-state index is 11.8. The van der Waals surface area contributed by atoms with Crippen molar-refractivity contribution in [1.29, 1.82) is 0 Å². The molecule has 0 aliphatic heterocycles. The zero-order valence-electron chi connectivity index (χ0n) is 13.5. The van der Waals surface area contributed by atoms with Gasteiger partial charge in [-0.2, -0.15) is 16.4 Å². The minimum absolute atomic E-state index is 0.0357. The zero-order valence-corrected chi connectivity index (χ0v) is 14.3. The molecule has 0 fully saturated rings. The summed E-state index contributed by atoms with van der Waals surface area (Å²) in [6, 6.07) is 11.6. The molecule has 2 amide bonds. The van der Waals surface area contributed by atoms with E-state index in [9.17, 15) is 9.59 Å². The Morgan fingerprint density at radius 2 is 1.88 bits per heavy atom. The number of carbonyl (C=O) groups is 2. The molecule has 0 saturated carbocycles. The van der Waals surface area contributed by atoms with E-state index in [4.69, 9.17) is 0 Å². The molecule has 0 atom stereocenters. The van der Waals surface area contributed by atoms with Gasteiger partial charge in [-0.1, -0.05) is 24.3 Å². The lowest BCUT2D eigenvalue weighted by Gasteiger charge is -2.08. The van der Waals surface area contributed by atoms with E-state index in [1.54, 1.807) is 17.6 Å². The molecule has 7 heteroatoms. The Morgan fingerprint density at radius 1 is 1.08 bits per heavy atom. The number of hydrogen-bond donors (Lipinski definition) is 2. The molecule has 0 aliphatic rings. The number of nitrogens with zero attached hydrogens (tertiary/aromatic N) is 2. The molecular formula is C18H18N4O2S. The standard InChI is InChI=1S/C18H18N4O2S/c23-17(11-20-18(24)16-6-9-25-13-16)19-10-14-2-4-15(5-3-14)12-22-8-1-7-21-22/h1-9,13H,10-12H2,(H,19,23)(H,20,24). The van der Waals surface area contributed by atoms with Crippen molar-refractivity contribution in [2.24, 2.45) is 0 Å². The van der Waals surface area contributed by atoms with Crippen molar-refractivity contribution >= 4 is 23.2 Å². The average Bonchev–Trinajstić information content (AvgIpc) is 3.33. The van der Waals surface area contributed by atoms with Gasteiger partial charge in [0.2, 0.25) is 5.91 Å². The van der Waals surface area contributed by atoms with Crippen LogP contribution in [0, 0.1) is 0 Å². The average molecular weight is 354 g/mol. The van der Waals surface area contributed by atoms with E-state index in [1.807, 2.05) is 46.6 Å². The van der Waals surface area contributed by atoms with Crippen LogP contribution in [0.2, 0.25) is 0 Å². The van der Waals surface area contributed by atoms with Crippen molar-refractivity contribution < 1.29 is 9.59 Å². The molecule has 2 aromatic heterocycles. The molecule has 6 nitrogen and oxygen atoms in total. The van der Waals surface area contributed by atoms with E-state index in [2.05, 4.69) is 15.7 Å². The Labute approximate surface area is 149 Å². The van der Waals surface area contributed by atoms with Crippen molar-refractivity contribution in [2.75, 3.05) is 6.54 Å². The van der Waals surface area contributed by atoms with Gasteiger partial charge in [0, 0.05) is 29.9 Å². The highest BCUT2D eigenvalue weighted by Crippen LogP contribution is 2.06. The molecule has 3 rings (SSSR count). The number of thiophene rings is 1. The van der Waals surface area contributed by atoms with Gasteiger partial charge in [0.25, 0.3) is 5.91 Å². The Morgan fingerprint density at radius 3 is 2.56 bits per heavy atom. The topological polar surface area (TPSA) is 76.0 Å². The largest absolute Gasteiger partial charge is 0.350 e. The molecule has 0 spiro atoms. The molecule has 0 radical (unpaired) electrons. The molecule has 25 heavy (non-hydrogen) atoms. The predicted octanol–water partition coefficient (Wildman–Crippen LogP) is 2.04. The van der Waals surface area contributed by atoms with Crippen LogP contribution in [0.25, 0.3) is 0 Å². The lowest BCUT2D eigenvalue weighted by Crippen LogP contribution is -2.36. The van der Waals surface area contributed by atoms with Gasteiger partial charge in [-0.3, -0.25) is 14.3 Å². The summed E-state index contributed by atoms with van der Waals surface area (Å²) in [6.45, 7) is 1.11. The van der Waals surface area contributed by atoms with E-state index in [0.29, 0.717) is 18.7 Å². The van der Waals surface area contributed by atoms with Gasteiger partial charge >= 0.3 is 0 Å². The zero-order chi connectivity index (χ0) is 17.5. The van der Waals surface area contributed by atoms with Crippen LogP contribution in [-0.4, -0.2) is 28.1 Å². The molecule has 1 aromatic carbocycles. The third-order valence-electron chi connectivity index (χ3n) is 3.61. The van der Waals surface area contributed by atoms with Crippen LogP contribution in [0.15, 0.2) is 59.6 Å². The lowest BCUT2D eigenvalue weighted by molar-refractivity contribution is -0.120. The summed E-state index contributed by atoms with van der Waals surface area (Å²) in [7, 11) is 0. The lowest BCUT2D eigenvalue weighted by atomic mass is 10.1. The summed E-state index contributed by atoms with van der Waals surface area (Å²) in [5.41, 5.74) is 2.72. The van der Waals surface area contributed by atoms with Crippen molar-refractivity contribution in [1.82, 2.24) is 20.4 Å². The molecule has 3 aromatic rings. The normalized spacial score (nSPS) is 10.4. The first-order valence-electron chi connectivity index (χ1n) is 7.83. The third-order valence-corrected chi connectivity index (χ3v) is 4.29. The van der Waals surface area contributed by atoms with Gasteiger partial charge in [0.1, 0.15) is 0 Å². The maximum atomic E-state index is 11.8. The number of rotatable bonds is 7. The minimum atomic E-state index is -0.237. The van der Waals surface area contributed by atoms with E-state index < -0.39 is 0 Å². The molecule has 0 aliphatic carbocycles. The number of carbonyl (C=O) groups excluding carboxylic acids is 2. The smallest absolute Gasteiger partial charge is 0.252 e. The van der Waals surface area contributed by atoms with E-state index >= 15 is 0 Å². The summed E-state index contributed by atoms with van der Waals surface area (Å²) in [5.74, 6) is -0.455. The van der Waals surface area contributed by atoms with E-state index in [0.717, 1.165) is 11.1 Å². The van der Waals surface area contributed by atoms with Gasteiger partial charge in [0.15, 0.2) is 0 Å². The summed E-state index contributed by atoms with van der Waals surface area (Å²) in [5, 5.41) is 13.1. The maximum Gasteiger partial charge on any atom is 0.252 e. The van der Waals surface area contributed by atoms with Crippen LogP contribution < -0.4 is 10.6 Å². The Balaban J connectivity index is 1.42. The van der Waals surface area contributed by atoms with Crippen molar-refractivity contribution in [3.63, 3.8) is 0 Å². The molecule has 0 bridgehead atoms. The van der Waals surface area contributed by atoms with Crippen LogP contribution in [0.1, 0.15) is 21.5 Å². The van der Waals surface area contributed by atoms with Gasteiger partial charge in [-0.15, -0.1) is 0 Å². The van der Waals surface area contributed by atoms with Gasteiger partial charge in [0.05, 0.1) is 13.1 Å². The van der Waals surface area contributed by atoms with Crippen molar-refractivity contribution in [3.05, 3.63) is 76.2 Å². The number of nitrogens with one attached hydrogen (secondary N) is 2. The molecule has 128 valence electrons. The molecule has 0 saturated heterocycles. The predicted molar refractivity (Wildman–Crippen MR) is 96.3 cm³/mol. The van der Waals surface area contributed by atoms with Crippen LogP contribution in [-0.2, 0) is 17.9 Å². The van der Waals surface area contributed by atoms with E-state index in [1.165, 1.54) is 11.3 Å². The number of hydrogen-bond acceptors (Lipinski definition) is 4.